The second-order valence-corrected chi connectivity index (χ2v) is 6.38. The number of hydrogen-bond donors (Lipinski definition) is 1. The number of hydrogen-bond acceptors (Lipinski definition) is 3. The van der Waals surface area contributed by atoms with Gasteiger partial charge in [-0.1, -0.05) is 33.6 Å². The van der Waals surface area contributed by atoms with Gasteiger partial charge in [0.05, 0.1) is 6.20 Å². The van der Waals surface area contributed by atoms with Crippen molar-refractivity contribution < 1.29 is 8.42 Å². The van der Waals surface area contributed by atoms with Crippen molar-refractivity contribution in [3.05, 3.63) is 12.0 Å². The highest BCUT2D eigenvalue weighted by Gasteiger charge is 2.26. The van der Waals surface area contributed by atoms with Crippen molar-refractivity contribution in [2.45, 2.75) is 45.6 Å². The third-order valence-electron chi connectivity index (χ3n) is 3.27. The van der Waals surface area contributed by atoms with Gasteiger partial charge in [-0.2, -0.15) is 4.31 Å². The number of imidazole rings is 1. The molecular weight excluding hydrogens is 250 g/mol. The maximum absolute atomic E-state index is 12.4. The average molecular weight is 273 g/mol. The van der Waals surface area contributed by atoms with Gasteiger partial charge in [0.1, 0.15) is 5.82 Å². The van der Waals surface area contributed by atoms with Gasteiger partial charge >= 0.3 is 0 Å². The van der Waals surface area contributed by atoms with Crippen molar-refractivity contribution in [2.24, 2.45) is 5.92 Å². The summed E-state index contributed by atoms with van der Waals surface area (Å²) in [5, 5.41) is 0.188. The molecule has 0 spiro atoms. The summed E-state index contributed by atoms with van der Waals surface area (Å²) in [6.07, 6.45) is 3.37. The van der Waals surface area contributed by atoms with Gasteiger partial charge in [0.2, 0.25) is 0 Å². The van der Waals surface area contributed by atoms with Crippen LogP contribution < -0.4 is 0 Å². The first-order chi connectivity index (χ1) is 8.45. The third kappa shape index (κ3) is 3.32. The van der Waals surface area contributed by atoms with E-state index in [9.17, 15) is 8.42 Å². The highest BCUT2D eigenvalue weighted by atomic mass is 32.2. The Hall–Kier alpha value is -0.880. The van der Waals surface area contributed by atoms with Crippen molar-refractivity contribution in [2.75, 3.05) is 13.1 Å². The van der Waals surface area contributed by atoms with Crippen molar-refractivity contribution in [1.29, 1.82) is 0 Å². The molecule has 1 N–H and O–H groups in total. The van der Waals surface area contributed by atoms with E-state index in [4.69, 9.17) is 0 Å². The number of rotatable bonds is 7. The smallest absolute Gasteiger partial charge is 0.260 e. The Morgan fingerprint density at radius 2 is 1.94 bits per heavy atom. The molecule has 18 heavy (non-hydrogen) atoms. The van der Waals surface area contributed by atoms with Crippen molar-refractivity contribution in [3.63, 3.8) is 0 Å². The summed E-state index contributed by atoms with van der Waals surface area (Å²) in [6, 6.07) is 0. The molecule has 0 aromatic carbocycles. The lowest BCUT2D eigenvalue weighted by Crippen LogP contribution is -2.35. The van der Waals surface area contributed by atoms with Gasteiger partial charge in [-0.15, -0.1) is 0 Å². The number of aromatic nitrogens is 2. The molecule has 5 nitrogen and oxygen atoms in total. The number of nitrogens with one attached hydrogen (secondary N) is 1. The largest absolute Gasteiger partial charge is 0.332 e. The molecule has 0 bridgehead atoms. The molecule has 1 rings (SSSR count). The molecule has 0 saturated heterocycles. The minimum Gasteiger partial charge on any atom is -0.332 e. The van der Waals surface area contributed by atoms with E-state index in [2.05, 4.69) is 23.8 Å². The second-order valence-electron chi connectivity index (χ2n) is 4.47. The monoisotopic (exact) mass is 273 g/mol. The molecular formula is C12H23N3O2S. The molecule has 0 saturated carbocycles. The van der Waals surface area contributed by atoms with Gasteiger partial charge in [0, 0.05) is 13.1 Å². The number of aromatic amines is 1. The number of sulfonamides is 1. The molecule has 1 aromatic heterocycles. The van der Waals surface area contributed by atoms with E-state index in [1.54, 1.807) is 6.92 Å². The number of H-pyrrole nitrogens is 1. The van der Waals surface area contributed by atoms with Crippen LogP contribution in [0.5, 0.6) is 0 Å². The summed E-state index contributed by atoms with van der Waals surface area (Å²) in [7, 11) is -3.43. The normalized spacial score (nSPS) is 12.6. The van der Waals surface area contributed by atoms with E-state index < -0.39 is 10.0 Å². The summed E-state index contributed by atoms with van der Waals surface area (Å²) in [5.74, 6) is 1.02. The Bertz CT molecular complexity index is 463. The molecule has 1 aromatic rings. The first-order valence-corrected chi connectivity index (χ1v) is 7.91. The van der Waals surface area contributed by atoms with Gasteiger partial charge in [0.15, 0.2) is 5.03 Å². The molecule has 0 aliphatic heterocycles. The predicted molar refractivity (Wildman–Crippen MR) is 71.8 cm³/mol. The summed E-state index contributed by atoms with van der Waals surface area (Å²) in [5.41, 5.74) is 0. The van der Waals surface area contributed by atoms with Crippen LogP contribution in [-0.4, -0.2) is 35.8 Å². The highest BCUT2D eigenvalue weighted by Crippen LogP contribution is 2.17. The van der Waals surface area contributed by atoms with Crippen LogP contribution in [0.1, 0.15) is 39.4 Å². The zero-order chi connectivity index (χ0) is 13.8. The SMILES string of the molecule is CCC(CC)CN(CC)S(=O)(=O)c1cnc(C)[nH]1. The topological polar surface area (TPSA) is 66.1 Å². The van der Waals surface area contributed by atoms with Crippen LogP contribution >= 0.6 is 0 Å². The molecule has 1 heterocycles. The van der Waals surface area contributed by atoms with Gasteiger partial charge < -0.3 is 4.98 Å². The summed E-state index contributed by atoms with van der Waals surface area (Å²) >= 11 is 0. The second kappa shape index (κ2) is 6.33. The Balaban J connectivity index is 2.93. The molecule has 0 atom stereocenters. The van der Waals surface area contributed by atoms with Crippen LogP contribution in [0.2, 0.25) is 0 Å². The van der Waals surface area contributed by atoms with Crippen molar-refractivity contribution in [3.8, 4) is 0 Å². The van der Waals surface area contributed by atoms with Crippen molar-refractivity contribution >= 4 is 10.0 Å². The number of aryl methyl sites for hydroxylation is 1. The van der Waals surface area contributed by atoms with Crippen LogP contribution in [-0.2, 0) is 10.0 Å². The first-order valence-electron chi connectivity index (χ1n) is 6.47. The summed E-state index contributed by atoms with van der Waals surface area (Å²) in [4.78, 5) is 6.76. The minimum atomic E-state index is -3.43. The minimum absolute atomic E-state index is 0.188. The Morgan fingerprint density at radius 1 is 1.33 bits per heavy atom. The van der Waals surface area contributed by atoms with Crippen LogP contribution in [0.3, 0.4) is 0 Å². The van der Waals surface area contributed by atoms with E-state index in [0.29, 0.717) is 24.8 Å². The summed E-state index contributed by atoms with van der Waals surface area (Å²) in [6.45, 7) is 8.85. The molecule has 6 heteroatoms. The summed E-state index contributed by atoms with van der Waals surface area (Å²) < 4.78 is 26.3. The number of nitrogens with zero attached hydrogens (tertiary/aromatic N) is 2. The zero-order valence-corrected chi connectivity index (χ0v) is 12.4. The molecule has 0 amide bonds. The maximum atomic E-state index is 12.4. The zero-order valence-electron chi connectivity index (χ0n) is 11.6. The molecule has 0 unspecified atom stereocenters. The maximum Gasteiger partial charge on any atom is 0.260 e. The van der Waals surface area contributed by atoms with E-state index in [0.717, 1.165) is 12.8 Å². The van der Waals surface area contributed by atoms with Crippen LogP contribution in [0.25, 0.3) is 0 Å². The molecule has 0 fully saturated rings. The van der Waals surface area contributed by atoms with E-state index in [1.165, 1.54) is 10.5 Å². The van der Waals surface area contributed by atoms with Gasteiger partial charge in [-0.25, -0.2) is 13.4 Å². The molecule has 104 valence electrons. The quantitative estimate of drug-likeness (QED) is 0.828. The molecule has 0 aliphatic carbocycles. The Labute approximate surface area is 110 Å². The highest BCUT2D eigenvalue weighted by molar-refractivity contribution is 7.89. The lowest BCUT2D eigenvalue weighted by molar-refractivity contribution is 0.338. The lowest BCUT2D eigenvalue weighted by Gasteiger charge is -2.23. The lowest BCUT2D eigenvalue weighted by atomic mass is 10.0. The average Bonchev–Trinajstić information content (AvgIpc) is 2.78. The van der Waals surface area contributed by atoms with E-state index in [1.807, 2.05) is 6.92 Å². The Kier molecular flexibility index (Phi) is 5.34. The fourth-order valence-corrected chi connectivity index (χ4v) is 3.39. The van der Waals surface area contributed by atoms with Crippen LogP contribution in [0.15, 0.2) is 11.2 Å². The van der Waals surface area contributed by atoms with E-state index in [-0.39, 0.29) is 5.03 Å². The molecule has 0 aliphatic rings. The van der Waals surface area contributed by atoms with Crippen LogP contribution in [0, 0.1) is 12.8 Å². The Morgan fingerprint density at radius 3 is 2.33 bits per heavy atom. The van der Waals surface area contributed by atoms with Gasteiger partial charge in [0.25, 0.3) is 10.0 Å². The van der Waals surface area contributed by atoms with Crippen LogP contribution in [0.4, 0.5) is 0 Å². The predicted octanol–water partition coefficient (Wildman–Crippen LogP) is 2.16. The third-order valence-corrected chi connectivity index (χ3v) is 5.12. The van der Waals surface area contributed by atoms with E-state index >= 15 is 0 Å². The van der Waals surface area contributed by atoms with Gasteiger partial charge in [-0.3, -0.25) is 0 Å². The fraction of sp³-hybridized carbons (Fsp3) is 0.750. The van der Waals surface area contributed by atoms with Gasteiger partial charge in [-0.05, 0) is 12.8 Å². The first kappa shape index (κ1) is 15.2. The molecule has 0 radical (unpaired) electrons. The van der Waals surface area contributed by atoms with Crippen molar-refractivity contribution in [1.82, 2.24) is 14.3 Å². The fourth-order valence-electron chi connectivity index (χ4n) is 1.90. The standard InChI is InChI=1S/C12H23N3O2S/c1-5-11(6-2)9-15(7-3)18(16,17)12-8-13-10(4)14-12/h8,11H,5-7,9H2,1-4H3,(H,13,14).